The number of carbonyl (C=O) groups is 1. The number of hydrogen-bond acceptors (Lipinski definition) is 7. The number of fused-ring (bicyclic) bond motifs is 1. The molecular formula is C21H22ClFN6O3. The molecule has 5 heterocycles. The SMILES string of the molecule is O=C(OC[C@H]1CCOC1)N1CCC(Nc2nc(-c3c[nH]c4ncc(Cl)cc34)ncc2F)C1. The van der Waals surface area contributed by atoms with Gasteiger partial charge in [-0.25, -0.2) is 24.1 Å². The zero-order chi connectivity index (χ0) is 22.1. The summed E-state index contributed by atoms with van der Waals surface area (Å²) in [6.45, 7) is 2.65. The standard InChI is InChI=1S/C21H22ClFN6O3/c22-13-5-15-16(7-25-18(15)24-6-13)19-26-8-17(23)20(28-19)27-14-1-3-29(9-14)21(30)32-11-12-2-4-31-10-12/h5-8,12,14H,1-4,9-11H2,(H,24,25)(H,26,27,28)/t12-,14?/m0/s1. The second kappa shape index (κ2) is 8.87. The molecule has 9 nitrogen and oxygen atoms in total. The fraction of sp³-hybridized carbons (Fsp3) is 0.429. The lowest BCUT2D eigenvalue weighted by molar-refractivity contribution is 0.0893. The number of likely N-dealkylation sites (tertiary alicyclic amines) is 1. The maximum atomic E-state index is 14.4. The van der Waals surface area contributed by atoms with E-state index in [0.717, 1.165) is 18.0 Å². The van der Waals surface area contributed by atoms with Gasteiger partial charge in [0.15, 0.2) is 17.5 Å². The van der Waals surface area contributed by atoms with Crippen molar-refractivity contribution < 1.29 is 18.7 Å². The van der Waals surface area contributed by atoms with Gasteiger partial charge in [-0.2, -0.15) is 0 Å². The molecule has 3 aromatic heterocycles. The normalized spacial score (nSPS) is 20.8. The smallest absolute Gasteiger partial charge is 0.409 e. The number of anilines is 1. The molecular weight excluding hydrogens is 439 g/mol. The van der Waals surface area contributed by atoms with Crippen LogP contribution in [0, 0.1) is 11.7 Å². The topological polar surface area (TPSA) is 105 Å². The van der Waals surface area contributed by atoms with Gasteiger partial charge < -0.3 is 24.7 Å². The fourth-order valence-electron chi connectivity index (χ4n) is 3.99. The average Bonchev–Trinajstić information content (AvgIpc) is 3.54. The molecule has 168 valence electrons. The van der Waals surface area contributed by atoms with Crippen molar-refractivity contribution in [2.75, 3.05) is 38.2 Å². The number of nitrogens with zero attached hydrogens (tertiary/aromatic N) is 4. The van der Waals surface area contributed by atoms with Gasteiger partial charge in [0.05, 0.1) is 24.4 Å². The molecule has 0 bridgehead atoms. The number of aromatic nitrogens is 4. The van der Waals surface area contributed by atoms with E-state index in [-0.39, 0.29) is 23.9 Å². The summed E-state index contributed by atoms with van der Waals surface area (Å²) in [5.74, 6) is 0.130. The lowest BCUT2D eigenvalue weighted by Gasteiger charge is -2.18. The molecule has 32 heavy (non-hydrogen) atoms. The minimum Gasteiger partial charge on any atom is -0.449 e. The van der Waals surface area contributed by atoms with Gasteiger partial charge in [0.2, 0.25) is 0 Å². The minimum absolute atomic E-state index is 0.0858. The Morgan fingerprint density at radius 2 is 2.28 bits per heavy atom. The molecule has 1 amide bonds. The summed E-state index contributed by atoms with van der Waals surface area (Å²) in [5, 5.41) is 4.34. The van der Waals surface area contributed by atoms with Crippen LogP contribution in [0.1, 0.15) is 12.8 Å². The van der Waals surface area contributed by atoms with Crippen LogP contribution in [0.2, 0.25) is 5.02 Å². The van der Waals surface area contributed by atoms with Crippen molar-refractivity contribution in [1.82, 2.24) is 24.8 Å². The molecule has 2 N–H and O–H groups in total. The van der Waals surface area contributed by atoms with Crippen LogP contribution in [0.15, 0.2) is 24.7 Å². The summed E-state index contributed by atoms with van der Waals surface area (Å²) in [7, 11) is 0. The first-order chi connectivity index (χ1) is 15.6. The molecule has 1 unspecified atom stereocenters. The van der Waals surface area contributed by atoms with Crippen LogP contribution < -0.4 is 5.32 Å². The van der Waals surface area contributed by atoms with Crippen LogP contribution in [0.3, 0.4) is 0 Å². The number of hydrogen-bond donors (Lipinski definition) is 2. The summed E-state index contributed by atoms with van der Waals surface area (Å²) in [6.07, 6.45) is 5.60. The van der Waals surface area contributed by atoms with E-state index in [1.807, 2.05) is 0 Å². The van der Waals surface area contributed by atoms with Crippen LogP contribution >= 0.6 is 11.6 Å². The van der Waals surface area contributed by atoms with Gasteiger partial charge in [-0.1, -0.05) is 11.6 Å². The Hall–Kier alpha value is -2.98. The van der Waals surface area contributed by atoms with Gasteiger partial charge in [-0.15, -0.1) is 0 Å². The molecule has 0 spiro atoms. The Balaban J connectivity index is 1.25. The zero-order valence-electron chi connectivity index (χ0n) is 17.2. The van der Waals surface area contributed by atoms with Crippen LogP contribution in [-0.2, 0) is 9.47 Å². The number of halogens is 2. The van der Waals surface area contributed by atoms with E-state index in [0.29, 0.717) is 61.4 Å². The molecule has 0 radical (unpaired) electrons. The lowest BCUT2D eigenvalue weighted by Crippen LogP contribution is -2.33. The number of aromatic amines is 1. The Morgan fingerprint density at radius 1 is 1.38 bits per heavy atom. The Morgan fingerprint density at radius 3 is 3.12 bits per heavy atom. The zero-order valence-corrected chi connectivity index (χ0v) is 17.9. The molecule has 2 atom stereocenters. The van der Waals surface area contributed by atoms with Crippen molar-refractivity contribution in [1.29, 1.82) is 0 Å². The molecule has 2 saturated heterocycles. The Bertz CT molecular complexity index is 1140. The largest absolute Gasteiger partial charge is 0.449 e. The highest BCUT2D eigenvalue weighted by Gasteiger charge is 2.29. The van der Waals surface area contributed by atoms with Crippen molar-refractivity contribution in [3.05, 3.63) is 35.5 Å². The Kier molecular flexibility index (Phi) is 5.79. The van der Waals surface area contributed by atoms with Gasteiger partial charge in [0, 0.05) is 55.0 Å². The maximum Gasteiger partial charge on any atom is 0.409 e. The number of rotatable bonds is 5. The number of pyridine rings is 1. The summed E-state index contributed by atoms with van der Waals surface area (Å²) in [6, 6.07) is 1.61. The minimum atomic E-state index is -0.563. The average molecular weight is 461 g/mol. The summed E-state index contributed by atoms with van der Waals surface area (Å²) < 4.78 is 25.2. The van der Waals surface area contributed by atoms with Gasteiger partial charge >= 0.3 is 6.09 Å². The van der Waals surface area contributed by atoms with Crippen molar-refractivity contribution in [2.24, 2.45) is 5.92 Å². The van der Waals surface area contributed by atoms with E-state index >= 15 is 0 Å². The highest BCUT2D eigenvalue weighted by atomic mass is 35.5. The molecule has 2 aliphatic heterocycles. The molecule has 5 rings (SSSR count). The number of H-pyrrole nitrogens is 1. The van der Waals surface area contributed by atoms with Crippen LogP contribution in [-0.4, -0.2) is 69.9 Å². The number of amides is 1. The van der Waals surface area contributed by atoms with Crippen molar-refractivity contribution in [2.45, 2.75) is 18.9 Å². The van der Waals surface area contributed by atoms with Crippen LogP contribution in [0.5, 0.6) is 0 Å². The summed E-state index contributed by atoms with van der Waals surface area (Å²) in [5.41, 5.74) is 1.31. The third-order valence-corrected chi connectivity index (χ3v) is 5.94. The third-order valence-electron chi connectivity index (χ3n) is 5.74. The molecule has 0 saturated carbocycles. The van der Waals surface area contributed by atoms with E-state index in [1.165, 1.54) is 0 Å². The van der Waals surface area contributed by atoms with E-state index in [1.54, 1.807) is 23.4 Å². The molecule has 0 aliphatic carbocycles. The highest BCUT2D eigenvalue weighted by Crippen LogP contribution is 2.28. The Labute approximate surface area is 188 Å². The number of ether oxygens (including phenoxy) is 2. The quantitative estimate of drug-likeness (QED) is 0.600. The fourth-order valence-corrected chi connectivity index (χ4v) is 4.15. The van der Waals surface area contributed by atoms with Crippen molar-refractivity contribution in [3.8, 4) is 11.4 Å². The monoisotopic (exact) mass is 460 g/mol. The molecule has 2 fully saturated rings. The first kappa shape index (κ1) is 20.9. The van der Waals surface area contributed by atoms with Gasteiger partial charge in [-0.05, 0) is 18.9 Å². The van der Waals surface area contributed by atoms with E-state index < -0.39 is 5.82 Å². The summed E-state index contributed by atoms with van der Waals surface area (Å²) >= 11 is 6.07. The predicted octanol–water partition coefficient (Wildman–Crippen LogP) is 3.47. The van der Waals surface area contributed by atoms with Crippen molar-refractivity contribution >= 4 is 34.5 Å². The maximum absolute atomic E-state index is 14.4. The van der Waals surface area contributed by atoms with Crippen LogP contribution in [0.4, 0.5) is 15.0 Å². The van der Waals surface area contributed by atoms with Gasteiger partial charge in [0.25, 0.3) is 0 Å². The second-order valence-corrected chi connectivity index (χ2v) is 8.46. The number of carbonyl (C=O) groups excluding carboxylic acids is 1. The summed E-state index contributed by atoms with van der Waals surface area (Å²) in [4.78, 5) is 29.7. The molecule has 0 aromatic carbocycles. The van der Waals surface area contributed by atoms with E-state index in [4.69, 9.17) is 21.1 Å². The third kappa shape index (κ3) is 4.33. The second-order valence-electron chi connectivity index (χ2n) is 8.02. The van der Waals surface area contributed by atoms with Crippen molar-refractivity contribution in [3.63, 3.8) is 0 Å². The van der Waals surface area contributed by atoms with Gasteiger partial charge in [-0.3, -0.25) is 0 Å². The van der Waals surface area contributed by atoms with Gasteiger partial charge in [0.1, 0.15) is 5.65 Å². The van der Waals surface area contributed by atoms with Crippen LogP contribution in [0.25, 0.3) is 22.4 Å². The molecule has 3 aromatic rings. The molecule has 11 heteroatoms. The first-order valence-electron chi connectivity index (χ1n) is 10.5. The number of nitrogens with one attached hydrogen (secondary N) is 2. The highest BCUT2D eigenvalue weighted by molar-refractivity contribution is 6.31. The molecule has 2 aliphatic rings. The van der Waals surface area contributed by atoms with E-state index in [2.05, 4.69) is 25.3 Å². The first-order valence-corrected chi connectivity index (χ1v) is 10.9. The lowest BCUT2D eigenvalue weighted by atomic mass is 10.1. The predicted molar refractivity (Wildman–Crippen MR) is 116 cm³/mol. The van der Waals surface area contributed by atoms with E-state index in [9.17, 15) is 9.18 Å².